The van der Waals surface area contributed by atoms with Gasteiger partial charge in [0, 0.05) is 18.0 Å². The molecule has 1 aromatic carbocycles. The fraction of sp³-hybridized carbons (Fsp3) is 0.700. The second kappa shape index (κ2) is 7.38. The van der Waals surface area contributed by atoms with E-state index in [0.717, 1.165) is 32.5 Å². The van der Waals surface area contributed by atoms with Crippen LogP contribution >= 0.6 is 0 Å². The van der Waals surface area contributed by atoms with Gasteiger partial charge >= 0.3 is 0 Å². The fourth-order valence-corrected chi connectivity index (χ4v) is 8.92. The highest BCUT2D eigenvalue weighted by molar-refractivity contribution is 7.95. The molecule has 1 aliphatic carbocycles. The summed E-state index contributed by atoms with van der Waals surface area (Å²) in [5.74, 6) is -0.252. The third-order valence-electron chi connectivity index (χ3n) is 6.59. The largest absolute Gasteiger partial charge is 0.302 e. The van der Waals surface area contributed by atoms with Gasteiger partial charge in [-0.25, -0.2) is 21.6 Å². The van der Waals surface area contributed by atoms with Crippen LogP contribution in [0.4, 0.5) is 0 Å². The summed E-state index contributed by atoms with van der Waals surface area (Å²) < 4.78 is 51.1. The quantitative estimate of drug-likeness (QED) is 0.747. The molecular weight excluding hydrogens is 396 g/mol. The normalized spacial score (nSPS) is 27.7. The Morgan fingerprint density at radius 3 is 2.29 bits per heavy atom. The number of sulfonamides is 1. The van der Waals surface area contributed by atoms with E-state index in [2.05, 4.69) is 40.8 Å². The van der Waals surface area contributed by atoms with Gasteiger partial charge in [0.05, 0.1) is 16.8 Å². The van der Waals surface area contributed by atoms with Crippen LogP contribution in [0.1, 0.15) is 43.2 Å². The van der Waals surface area contributed by atoms with Crippen LogP contribution in [0.15, 0.2) is 24.3 Å². The van der Waals surface area contributed by atoms with E-state index in [9.17, 15) is 16.8 Å². The van der Waals surface area contributed by atoms with Crippen LogP contribution in [-0.4, -0.2) is 64.2 Å². The maximum absolute atomic E-state index is 12.5. The summed E-state index contributed by atoms with van der Waals surface area (Å²) in [6.45, 7) is 4.90. The first-order valence-electron chi connectivity index (χ1n) is 10.2. The molecule has 2 saturated heterocycles. The number of piperidine rings is 1. The second-order valence-electron chi connectivity index (χ2n) is 8.88. The summed E-state index contributed by atoms with van der Waals surface area (Å²) in [6.07, 6.45) is 4.22. The minimum absolute atomic E-state index is 0.0158. The van der Waals surface area contributed by atoms with Gasteiger partial charge in [0.2, 0.25) is 10.0 Å². The van der Waals surface area contributed by atoms with E-state index in [1.807, 2.05) is 0 Å². The molecule has 0 amide bonds. The van der Waals surface area contributed by atoms with Crippen molar-refractivity contribution >= 4 is 19.9 Å². The number of hydrogen-bond donors (Lipinski definition) is 1. The van der Waals surface area contributed by atoms with E-state index in [1.54, 1.807) is 0 Å². The molecule has 156 valence electrons. The Labute approximate surface area is 168 Å². The van der Waals surface area contributed by atoms with Gasteiger partial charge in [-0.3, -0.25) is 0 Å². The topological polar surface area (TPSA) is 83.6 Å². The molecule has 1 saturated carbocycles. The summed E-state index contributed by atoms with van der Waals surface area (Å²) in [7, 11) is -6.76. The van der Waals surface area contributed by atoms with E-state index in [-0.39, 0.29) is 29.4 Å². The lowest BCUT2D eigenvalue weighted by molar-refractivity contribution is 0.191. The van der Waals surface area contributed by atoms with Crippen LogP contribution in [0, 0.1) is 6.92 Å². The molecule has 1 atom stereocenters. The molecule has 8 heteroatoms. The number of nitrogens with zero attached hydrogens (tertiary/aromatic N) is 1. The number of likely N-dealkylation sites (tertiary alicyclic amines) is 1. The maximum Gasteiger partial charge on any atom is 0.215 e. The third kappa shape index (κ3) is 4.45. The molecule has 1 N–H and O–H groups in total. The van der Waals surface area contributed by atoms with Crippen LogP contribution < -0.4 is 4.72 Å². The van der Waals surface area contributed by atoms with Gasteiger partial charge in [-0.1, -0.05) is 29.8 Å². The van der Waals surface area contributed by atoms with Crippen LogP contribution in [0.2, 0.25) is 0 Å². The highest BCUT2D eigenvalue weighted by atomic mass is 32.2. The minimum atomic E-state index is -3.57. The summed E-state index contributed by atoms with van der Waals surface area (Å²) in [4.78, 5) is 2.46. The van der Waals surface area contributed by atoms with Gasteiger partial charge in [0.15, 0.2) is 9.84 Å². The van der Waals surface area contributed by atoms with Crippen LogP contribution in [-0.2, 0) is 25.3 Å². The van der Waals surface area contributed by atoms with E-state index in [0.29, 0.717) is 0 Å². The Morgan fingerprint density at radius 1 is 1.11 bits per heavy atom. The van der Waals surface area contributed by atoms with Crippen molar-refractivity contribution in [1.82, 2.24) is 9.62 Å². The van der Waals surface area contributed by atoms with Crippen molar-refractivity contribution in [1.29, 1.82) is 0 Å². The highest BCUT2D eigenvalue weighted by Crippen LogP contribution is 2.49. The molecule has 4 rings (SSSR count). The lowest BCUT2D eigenvalue weighted by Crippen LogP contribution is -2.48. The number of rotatable bonds is 6. The molecule has 28 heavy (non-hydrogen) atoms. The highest BCUT2D eigenvalue weighted by Gasteiger charge is 2.46. The molecule has 1 aromatic rings. The first-order chi connectivity index (χ1) is 13.2. The number of nitrogens with one attached hydrogen (secondary N) is 1. The zero-order chi connectivity index (χ0) is 20.0. The van der Waals surface area contributed by atoms with E-state index in [4.69, 9.17) is 0 Å². The molecule has 0 aromatic heterocycles. The first kappa shape index (κ1) is 20.3. The van der Waals surface area contributed by atoms with Gasteiger partial charge in [-0.15, -0.1) is 0 Å². The molecule has 0 radical (unpaired) electrons. The monoisotopic (exact) mass is 426 g/mol. The van der Waals surface area contributed by atoms with Crippen molar-refractivity contribution < 1.29 is 16.8 Å². The molecular formula is C20H30N2O4S2. The number of hydrogen-bond acceptors (Lipinski definition) is 5. The molecule has 3 fully saturated rings. The second-order valence-corrected chi connectivity index (χ2v) is 13.1. The Bertz CT molecular complexity index is 913. The summed E-state index contributed by atoms with van der Waals surface area (Å²) in [5.41, 5.74) is 2.98. The Morgan fingerprint density at radius 2 is 1.75 bits per heavy atom. The minimum Gasteiger partial charge on any atom is -0.302 e. The zero-order valence-electron chi connectivity index (χ0n) is 16.4. The van der Waals surface area contributed by atoms with Crippen molar-refractivity contribution in [3.05, 3.63) is 35.4 Å². The van der Waals surface area contributed by atoms with Crippen molar-refractivity contribution in [2.45, 2.75) is 55.7 Å². The standard InChI is InChI=1S/C20H30N2O4S2/c1-16-2-4-17(5-3-16)20(9-10-20)15-22-11-6-18(7-12-22)21-28(25,26)19-8-13-27(23,24)14-19/h2-5,18-19,21H,6-15H2,1H3. The molecule has 0 spiro atoms. The van der Waals surface area contributed by atoms with Crippen molar-refractivity contribution in [2.75, 3.05) is 31.1 Å². The maximum atomic E-state index is 12.5. The lowest BCUT2D eigenvalue weighted by atomic mass is 9.93. The van der Waals surface area contributed by atoms with Crippen molar-refractivity contribution in [3.8, 4) is 0 Å². The zero-order valence-corrected chi connectivity index (χ0v) is 18.1. The average Bonchev–Trinajstić information content (AvgIpc) is 3.31. The van der Waals surface area contributed by atoms with Crippen molar-refractivity contribution in [3.63, 3.8) is 0 Å². The number of aryl methyl sites for hydroxylation is 1. The molecule has 2 aliphatic heterocycles. The molecule has 6 nitrogen and oxygen atoms in total. The van der Waals surface area contributed by atoms with Gasteiger partial charge < -0.3 is 4.90 Å². The summed E-state index contributed by atoms with van der Waals surface area (Å²) in [6, 6.07) is 8.77. The Balaban J connectivity index is 1.30. The van der Waals surface area contributed by atoms with Gasteiger partial charge in [-0.05, 0) is 57.7 Å². The molecule has 0 bridgehead atoms. The third-order valence-corrected chi connectivity index (χ3v) is 10.5. The predicted octanol–water partition coefficient (Wildman–Crippen LogP) is 1.60. The lowest BCUT2D eigenvalue weighted by Gasteiger charge is -2.35. The van der Waals surface area contributed by atoms with E-state index >= 15 is 0 Å². The van der Waals surface area contributed by atoms with Gasteiger partial charge in [-0.2, -0.15) is 0 Å². The molecule has 1 unspecified atom stereocenters. The number of sulfone groups is 1. The van der Waals surface area contributed by atoms with E-state index in [1.165, 1.54) is 24.0 Å². The molecule has 3 aliphatic rings. The number of benzene rings is 1. The summed E-state index contributed by atoms with van der Waals surface area (Å²) >= 11 is 0. The van der Waals surface area contributed by atoms with E-state index < -0.39 is 25.1 Å². The average molecular weight is 427 g/mol. The van der Waals surface area contributed by atoms with Gasteiger partial charge in [0.1, 0.15) is 0 Å². The smallest absolute Gasteiger partial charge is 0.215 e. The Kier molecular flexibility index (Phi) is 5.35. The van der Waals surface area contributed by atoms with Crippen LogP contribution in [0.25, 0.3) is 0 Å². The predicted molar refractivity (Wildman–Crippen MR) is 111 cm³/mol. The molecule has 2 heterocycles. The van der Waals surface area contributed by atoms with Crippen LogP contribution in [0.3, 0.4) is 0 Å². The van der Waals surface area contributed by atoms with Crippen molar-refractivity contribution in [2.24, 2.45) is 0 Å². The first-order valence-corrected chi connectivity index (χ1v) is 13.6. The Hall–Kier alpha value is -0.960. The SMILES string of the molecule is Cc1ccc(C2(CN3CCC(NS(=O)(=O)C4CCS(=O)(=O)C4)CC3)CC2)cc1. The van der Waals surface area contributed by atoms with Gasteiger partial charge in [0.25, 0.3) is 0 Å². The van der Waals surface area contributed by atoms with Crippen LogP contribution in [0.5, 0.6) is 0 Å². The summed E-state index contributed by atoms with van der Waals surface area (Å²) in [5, 5.41) is -0.785. The fourth-order valence-electron chi connectivity index (χ4n) is 4.57.